The van der Waals surface area contributed by atoms with E-state index in [4.69, 9.17) is 26.1 Å². The van der Waals surface area contributed by atoms with Crippen molar-refractivity contribution >= 4 is 22.5 Å². The minimum Gasteiger partial charge on any atom is -0.378 e. The van der Waals surface area contributed by atoms with Crippen molar-refractivity contribution in [1.29, 1.82) is 0 Å². The number of nitrogens with zero attached hydrogens (tertiary/aromatic N) is 4. The summed E-state index contributed by atoms with van der Waals surface area (Å²) < 4.78 is 13.0. The number of hydrogen-bond acceptors (Lipinski definition) is 5. The number of methoxy groups -OCH3 is 1. The molecule has 0 aliphatic carbocycles. The van der Waals surface area contributed by atoms with Gasteiger partial charge in [-0.25, -0.2) is 14.6 Å². The Balaban J connectivity index is 1.83. The molecule has 0 spiro atoms. The van der Waals surface area contributed by atoms with Gasteiger partial charge in [-0.15, -0.1) is 0 Å². The highest BCUT2D eigenvalue weighted by molar-refractivity contribution is 6.30. The predicted molar refractivity (Wildman–Crippen MR) is 85.8 cm³/mol. The van der Waals surface area contributed by atoms with E-state index in [1.165, 1.54) is 0 Å². The fraction of sp³-hybridized carbons (Fsp3) is 0.312. The topological polar surface area (TPSA) is 62.1 Å². The molecule has 1 aliphatic rings. The van der Waals surface area contributed by atoms with E-state index in [-0.39, 0.29) is 0 Å². The number of hydrogen-bond donors (Lipinski definition) is 0. The number of pyridine rings is 2. The Bertz CT molecular complexity index is 858. The first-order valence-electron chi connectivity index (χ1n) is 7.32. The van der Waals surface area contributed by atoms with Gasteiger partial charge in [0.25, 0.3) is 0 Å². The van der Waals surface area contributed by atoms with Gasteiger partial charge in [0.05, 0.1) is 24.0 Å². The minimum atomic E-state index is -0.488. The fourth-order valence-electron chi connectivity index (χ4n) is 2.89. The molecule has 4 heterocycles. The van der Waals surface area contributed by atoms with Gasteiger partial charge in [0.15, 0.2) is 5.82 Å². The van der Waals surface area contributed by atoms with Gasteiger partial charge in [0.1, 0.15) is 10.8 Å². The zero-order chi connectivity index (χ0) is 15.9. The van der Waals surface area contributed by atoms with Crippen LogP contribution in [0.1, 0.15) is 12.1 Å². The van der Waals surface area contributed by atoms with Gasteiger partial charge in [0, 0.05) is 37.8 Å². The van der Waals surface area contributed by atoms with Gasteiger partial charge < -0.3 is 9.47 Å². The molecular formula is C16H15ClN4O2. The quantitative estimate of drug-likeness (QED) is 0.691. The second-order valence-corrected chi connectivity index (χ2v) is 5.89. The summed E-state index contributed by atoms with van der Waals surface area (Å²) in [4.78, 5) is 8.83. The second kappa shape index (κ2) is 5.56. The molecule has 1 fully saturated rings. The molecule has 3 aromatic heterocycles. The maximum atomic E-state index is 6.01. The Labute approximate surface area is 138 Å². The Morgan fingerprint density at radius 2 is 2.26 bits per heavy atom. The highest BCUT2D eigenvalue weighted by atomic mass is 35.5. The third-order valence-corrected chi connectivity index (χ3v) is 4.42. The van der Waals surface area contributed by atoms with Crippen molar-refractivity contribution < 1.29 is 9.47 Å². The predicted octanol–water partition coefficient (Wildman–Crippen LogP) is 2.73. The summed E-state index contributed by atoms with van der Waals surface area (Å²) in [6, 6.07) is 7.60. The molecule has 0 bridgehead atoms. The molecule has 23 heavy (non-hydrogen) atoms. The maximum Gasteiger partial charge on any atom is 0.154 e. The average Bonchev–Trinajstić information content (AvgIpc) is 3.22. The third kappa shape index (κ3) is 2.39. The number of halogens is 1. The highest BCUT2D eigenvalue weighted by Gasteiger charge is 2.38. The van der Waals surface area contributed by atoms with E-state index in [9.17, 15) is 0 Å². The first-order valence-corrected chi connectivity index (χ1v) is 7.70. The van der Waals surface area contributed by atoms with Gasteiger partial charge >= 0.3 is 0 Å². The summed E-state index contributed by atoms with van der Waals surface area (Å²) in [6.07, 6.45) is 4.24. The molecule has 3 aromatic rings. The molecule has 1 aliphatic heterocycles. The van der Waals surface area contributed by atoms with Crippen LogP contribution in [0.25, 0.3) is 16.7 Å². The second-order valence-electron chi connectivity index (χ2n) is 5.50. The molecule has 6 nitrogen and oxygen atoms in total. The molecular weight excluding hydrogens is 316 g/mol. The van der Waals surface area contributed by atoms with E-state index in [0.29, 0.717) is 24.2 Å². The Kier molecular flexibility index (Phi) is 3.52. The SMILES string of the molecule is COC1(c2cccc(-n3ncc4cnc(Cl)cc43)n2)CCOC1. The maximum absolute atomic E-state index is 6.01. The van der Waals surface area contributed by atoms with Crippen LogP contribution in [0.5, 0.6) is 0 Å². The zero-order valence-corrected chi connectivity index (χ0v) is 13.3. The summed E-state index contributed by atoms with van der Waals surface area (Å²) in [7, 11) is 1.69. The molecule has 0 N–H and O–H groups in total. The monoisotopic (exact) mass is 330 g/mol. The third-order valence-electron chi connectivity index (χ3n) is 4.21. The molecule has 7 heteroatoms. The molecule has 1 saturated heterocycles. The van der Waals surface area contributed by atoms with E-state index in [0.717, 1.165) is 23.0 Å². The van der Waals surface area contributed by atoms with E-state index in [2.05, 4.69) is 10.1 Å². The lowest BCUT2D eigenvalue weighted by Crippen LogP contribution is -2.30. The highest BCUT2D eigenvalue weighted by Crippen LogP contribution is 2.33. The first-order chi connectivity index (χ1) is 11.2. The van der Waals surface area contributed by atoms with Gasteiger partial charge in [-0.3, -0.25) is 0 Å². The van der Waals surface area contributed by atoms with Crippen LogP contribution in [-0.2, 0) is 15.1 Å². The lowest BCUT2D eigenvalue weighted by molar-refractivity contribution is -0.0246. The smallest absolute Gasteiger partial charge is 0.154 e. The van der Waals surface area contributed by atoms with E-state index in [1.807, 2.05) is 18.2 Å². The first kappa shape index (κ1) is 14.6. The Hall–Kier alpha value is -2.02. The van der Waals surface area contributed by atoms with Gasteiger partial charge in [-0.2, -0.15) is 5.10 Å². The van der Waals surface area contributed by atoms with Crippen LogP contribution in [-0.4, -0.2) is 40.1 Å². The summed E-state index contributed by atoms with van der Waals surface area (Å²) in [5.74, 6) is 0.711. The van der Waals surface area contributed by atoms with Gasteiger partial charge in [0.2, 0.25) is 0 Å². The van der Waals surface area contributed by atoms with Crippen LogP contribution < -0.4 is 0 Å². The minimum absolute atomic E-state index is 0.424. The number of fused-ring (bicyclic) bond motifs is 1. The van der Waals surface area contributed by atoms with Crippen molar-refractivity contribution in [3.05, 3.63) is 47.5 Å². The lowest BCUT2D eigenvalue weighted by atomic mass is 9.98. The van der Waals surface area contributed by atoms with Crippen LogP contribution in [0.3, 0.4) is 0 Å². The molecule has 0 saturated carbocycles. The number of ether oxygens (including phenoxy) is 2. The van der Waals surface area contributed by atoms with Gasteiger partial charge in [-0.1, -0.05) is 17.7 Å². The van der Waals surface area contributed by atoms with Crippen molar-refractivity contribution in [2.75, 3.05) is 20.3 Å². The standard InChI is InChI=1S/C16H15ClN4O2/c1-22-16(5-6-23-10-16)13-3-2-4-15(20-13)21-12-7-14(17)18-8-11(12)9-19-21/h2-4,7-9H,5-6,10H2,1H3. The van der Waals surface area contributed by atoms with Crippen LogP contribution >= 0.6 is 11.6 Å². The van der Waals surface area contributed by atoms with Crippen LogP contribution in [0, 0.1) is 0 Å². The molecule has 0 radical (unpaired) electrons. The molecule has 1 atom stereocenters. The van der Waals surface area contributed by atoms with Crippen molar-refractivity contribution in [3.8, 4) is 5.82 Å². The lowest BCUT2D eigenvalue weighted by Gasteiger charge is -2.25. The van der Waals surface area contributed by atoms with Crippen LogP contribution in [0.2, 0.25) is 5.15 Å². The molecule has 118 valence electrons. The zero-order valence-electron chi connectivity index (χ0n) is 12.6. The Morgan fingerprint density at radius 1 is 1.35 bits per heavy atom. The Morgan fingerprint density at radius 3 is 3.04 bits per heavy atom. The molecule has 4 rings (SSSR count). The normalized spacial score (nSPS) is 21.1. The van der Waals surface area contributed by atoms with Crippen molar-refractivity contribution in [1.82, 2.24) is 19.7 Å². The summed E-state index contributed by atoms with van der Waals surface area (Å²) >= 11 is 6.01. The number of rotatable bonds is 3. The molecule has 1 unspecified atom stereocenters. The van der Waals surface area contributed by atoms with Crippen molar-refractivity contribution in [2.45, 2.75) is 12.0 Å². The van der Waals surface area contributed by atoms with Crippen molar-refractivity contribution in [2.24, 2.45) is 0 Å². The fourth-order valence-corrected chi connectivity index (χ4v) is 3.04. The van der Waals surface area contributed by atoms with Crippen LogP contribution in [0.4, 0.5) is 0 Å². The van der Waals surface area contributed by atoms with Crippen molar-refractivity contribution in [3.63, 3.8) is 0 Å². The molecule has 0 aromatic carbocycles. The molecule has 0 amide bonds. The van der Waals surface area contributed by atoms with Gasteiger partial charge in [-0.05, 0) is 12.1 Å². The van der Waals surface area contributed by atoms with E-state index >= 15 is 0 Å². The number of aromatic nitrogens is 4. The summed E-state index contributed by atoms with van der Waals surface area (Å²) in [5, 5.41) is 5.74. The largest absolute Gasteiger partial charge is 0.378 e. The van der Waals surface area contributed by atoms with E-state index in [1.54, 1.807) is 30.3 Å². The van der Waals surface area contributed by atoms with E-state index < -0.39 is 5.60 Å². The van der Waals surface area contributed by atoms with Crippen LogP contribution in [0.15, 0.2) is 36.7 Å². The summed E-state index contributed by atoms with van der Waals surface area (Å²) in [5.41, 5.74) is 1.22. The average molecular weight is 331 g/mol. The summed E-state index contributed by atoms with van der Waals surface area (Å²) in [6.45, 7) is 1.18.